The fourth-order valence-corrected chi connectivity index (χ4v) is 4.10. The van der Waals surface area contributed by atoms with Gasteiger partial charge in [-0.3, -0.25) is 4.79 Å². The standard InChI is InChI=1S/C17H23NO2/c1-13(19)18-12-11-17(20)10-6-5-9-15(17)16(18)14-7-3-2-4-8-14/h2-4,7-8,15-16,20H,5-6,9-12H2,1H3/t15-,16-,17+/m1/s1. The van der Waals surface area contributed by atoms with Crippen LogP contribution >= 0.6 is 0 Å². The first-order chi connectivity index (χ1) is 9.62. The smallest absolute Gasteiger partial charge is 0.219 e. The van der Waals surface area contributed by atoms with Crippen molar-refractivity contribution in [1.29, 1.82) is 0 Å². The molecule has 0 spiro atoms. The van der Waals surface area contributed by atoms with E-state index in [1.54, 1.807) is 6.92 Å². The molecule has 1 aromatic carbocycles. The van der Waals surface area contributed by atoms with Gasteiger partial charge in [0.15, 0.2) is 0 Å². The average molecular weight is 273 g/mol. The molecule has 2 fully saturated rings. The maximum Gasteiger partial charge on any atom is 0.219 e. The molecule has 0 aromatic heterocycles. The highest BCUT2D eigenvalue weighted by atomic mass is 16.3. The van der Waals surface area contributed by atoms with Crippen LogP contribution in [0.5, 0.6) is 0 Å². The van der Waals surface area contributed by atoms with Crippen molar-refractivity contribution >= 4 is 5.91 Å². The Kier molecular flexibility index (Phi) is 3.55. The number of fused-ring (bicyclic) bond motifs is 1. The van der Waals surface area contributed by atoms with E-state index in [1.165, 1.54) is 0 Å². The second-order valence-corrected chi connectivity index (χ2v) is 6.27. The number of aliphatic hydroxyl groups is 1. The molecule has 0 unspecified atom stereocenters. The Hall–Kier alpha value is -1.35. The first-order valence-electron chi connectivity index (χ1n) is 7.66. The number of amides is 1. The van der Waals surface area contributed by atoms with E-state index in [2.05, 4.69) is 12.1 Å². The summed E-state index contributed by atoms with van der Waals surface area (Å²) in [6.45, 7) is 2.31. The van der Waals surface area contributed by atoms with E-state index in [0.29, 0.717) is 6.54 Å². The minimum atomic E-state index is -0.579. The normalized spacial score (nSPS) is 33.6. The van der Waals surface area contributed by atoms with Crippen LogP contribution in [0.2, 0.25) is 0 Å². The Morgan fingerprint density at radius 1 is 1.25 bits per heavy atom. The molecule has 1 N–H and O–H groups in total. The second kappa shape index (κ2) is 5.21. The molecule has 1 saturated carbocycles. The van der Waals surface area contributed by atoms with Gasteiger partial charge in [0, 0.05) is 19.4 Å². The summed E-state index contributed by atoms with van der Waals surface area (Å²) in [5.41, 5.74) is 0.581. The van der Waals surface area contributed by atoms with Crippen LogP contribution in [0.1, 0.15) is 50.6 Å². The minimum Gasteiger partial charge on any atom is -0.389 e. The highest BCUT2D eigenvalue weighted by Crippen LogP contribution is 2.49. The molecule has 1 aromatic rings. The molecule has 3 rings (SSSR count). The van der Waals surface area contributed by atoms with Gasteiger partial charge in [-0.15, -0.1) is 0 Å². The zero-order valence-electron chi connectivity index (χ0n) is 12.1. The number of benzene rings is 1. The lowest BCUT2D eigenvalue weighted by molar-refractivity contribution is -0.153. The third kappa shape index (κ3) is 2.24. The third-order valence-electron chi connectivity index (χ3n) is 5.11. The molecular weight excluding hydrogens is 250 g/mol. The number of hydrogen-bond donors (Lipinski definition) is 1. The van der Waals surface area contributed by atoms with Crippen molar-refractivity contribution in [2.24, 2.45) is 5.92 Å². The van der Waals surface area contributed by atoms with Gasteiger partial charge in [-0.25, -0.2) is 0 Å². The predicted octanol–water partition coefficient (Wildman–Crippen LogP) is 2.90. The number of likely N-dealkylation sites (tertiary alicyclic amines) is 1. The van der Waals surface area contributed by atoms with E-state index in [9.17, 15) is 9.90 Å². The summed E-state index contributed by atoms with van der Waals surface area (Å²) in [5.74, 6) is 0.294. The molecule has 1 heterocycles. The fourth-order valence-electron chi connectivity index (χ4n) is 4.10. The second-order valence-electron chi connectivity index (χ2n) is 6.27. The highest BCUT2D eigenvalue weighted by molar-refractivity contribution is 5.74. The summed E-state index contributed by atoms with van der Waals surface area (Å²) in [6.07, 6.45) is 4.88. The predicted molar refractivity (Wildman–Crippen MR) is 78.1 cm³/mol. The van der Waals surface area contributed by atoms with Gasteiger partial charge in [0.1, 0.15) is 0 Å². The molecule has 2 aliphatic rings. The van der Waals surface area contributed by atoms with Crippen molar-refractivity contribution in [3.8, 4) is 0 Å². The van der Waals surface area contributed by atoms with E-state index >= 15 is 0 Å². The van der Waals surface area contributed by atoms with E-state index in [4.69, 9.17) is 0 Å². The van der Waals surface area contributed by atoms with Crippen molar-refractivity contribution in [2.45, 2.75) is 50.7 Å². The first kappa shape index (κ1) is 13.6. The number of nitrogens with zero attached hydrogens (tertiary/aromatic N) is 1. The minimum absolute atomic E-state index is 0.0350. The Bertz CT molecular complexity index is 487. The molecule has 108 valence electrons. The molecule has 1 saturated heterocycles. The number of hydrogen-bond acceptors (Lipinski definition) is 2. The Labute approximate surface area is 120 Å². The van der Waals surface area contributed by atoms with Crippen LogP contribution in [0.15, 0.2) is 30.3 Å². The van der Waals surface area contributed by atoms with Crippen LogP contribution in [-0.4, -0.2) is 28.1 Å². The maximum absolute atomic E-state index is 12.0. The zero-order valence-corrected chi connectivity index (χ0v) is 12.1. The van der Waals surface area contributed by atoms with Gasteiger partial charge in [0.25, 0.3) is 0 Å². The van der Waals surface area contributed by atoms with Gasteiger partial charge in [-0.2, -0.15) is 0 Å². The molecule has 1 aliphatic carbocycles. The van der Waals surface area contributed by atoms with Gasteiger partial charge < -0.3 is 10.0 Å². The van der Waals surface area contributed by atoms with E-state index in [-0.39, 0.29) is 17.9 Å². The summed E-state index contributed by atoms with van der Waals surface area (Å²) < 4.78 is 0. The largest absolute Gasteiger partial charge is 0.389 e. The molecule has 0 bridgehead atoms. The van der Waals surface area contributed by atoms with Crippen LogP contribution in [0.3, 0.4) is 0 Å². The van der Waals surface area contributed by atoms with E-state index < -0.39 is 5.60 Å². The number of carbonyl (C=O) groups excluding carboxylic acids is 1. The summed E-state index contributed by atoms with van der Waals surface area (Å²) in [6, 6.07) is 10.2. The molecule has 3 heteroatoms. The summed E-state index contributed by atoms with van der Waals surface area (Å²) in [7, 11) is 0. The Morgan fingerprint density at radius 3 is 2.70 bits per heavy atom. The van der Waals surface area contributed by atoms with Gasteiger partial charge in [0.2, 0.25) is 5.91 Å². The highest BCUT2D eigenvalue weighted by Gasteiger charge is 2.49. The zero-order chi connectivity index (χ0) is 14.2. The third-order valence-corrected chi connectivity index (χ3v) is 5.11. The molecule has 3 atom stereocenters. The summed E-state index contributed by atoms with van der Waals surface area (Å²) in [4.78, 5) is 14.0. The van der Waals surface area contributed by atoms with Gasteiger partial charge in [0.05, 0.1) is 11.6 Å². The van der Waals surface area contributed by atoms with Crippen LogP contribution < -0.4 is 0 Å². The topological polar surface area (TPSA) is 40.5 Å². The Balaban J connectivity index is 2.00. The van der Waals surface area contributed by atoms with E-state index in [0.717, 1.165) is 37.7 Å². The van der Waals surface area contributed by atoms with Crippen molar-refractivity contribution in [2.75, 3.05) is 6.54 Å². The average Bonchev–Trinajstić information content (AvgIpc) is 2.46. The fraction of sp³-hybridized carbons (Fsp3) is 0.588. The van der Waals surface area contributed by atoms with Crippen LogP contribution in [0.4, 0.5) is 0 Å². The number of rotatable bonds is 1. The van der Waals surface area contributed by atoms with Crippen molar-refractivity contribution in [1.82, 2.24) is 4.90 Å². The van der Waals surface area contributed by atoms with Gasteiger partial charge >= 0.3 is 0 Å². The lowest BCUT2D eigenvalue weighted by Gasteiger charge is -2.52. The Morgan fingerprint density at radius 2 is 2.00 bits per heavy atom. The monoisotopic (exact) mass is 273 g/mol. The molecule has 1 amide bonds. The molecule has 3 nitrogen and oxygen atoms in total. The van der Waals surface area contributed by atoms with Gasteiger partial charge in [-0.05, 0) is 24.8 Å². The lowest BCUT2D eigenvalue weighted by atomic mass is 9.66. The van der Waals surface area contributed by atoms with Crippen molar-refractivity contribution < 1.29 is 9.90 Å². The molecule has 0 radical (unpaired) electrons. The quantitative estimate of drug-likeness (QED) is 0.854. The maximum atomic E-state index is 12.0. The lowest BCUT2D eigenvalue weighted by Crippen LogP contribution is -2.55. The van der Waals surface area contributed by atoms with Crippen LogP contribution in [-0.2, 0) is 4.79 Å². The number of carbonyl (C=O) groups is 1. The van der Waals surface area contributed by atoms with Crippen molar-refractivity contribution in [3.63, 3.8) is 0 Å². The SMILES string of the molecule is CC(=O)N1CC[C@@]2(O)CCCC[C@@H]2[C@H]1c1ccccc1. The summed E-state index contributed by atoms with van der Waals surface area (Å²) >= 11 is 0. The number of piperidine rings is 1. The van der Waals surface area contributed by atoms with Crippen molar-refractivity contribution in [3.05, 3.63) is 35.9 Å². The molecule has 1 aliphatic heterocycles. The van der Waals surface area contributed by atoms with Gasteiger partial charge in [-0.1, -0.05) is 43.2 Å². The molecule has 20 heavy (non-hydrogen) atoms. The van der Waals surface area contributed by atoms with E-state index in [1.807, 2.05) is 23.1 Å². The summed E-state index contributed by atoms with van der Waals surface area (Å²) in [5, 5.41) is 11.0. The molecular formula is C17H23NO2. The first-order valence-corrected chi connectivity index (χ1v) is 7.66. The van der Waals surface area contributed by atoms with Crippen LogP contribution in [0.25, 0.3) is 0 Å². The van der Waals surface area contributed by atoms with Crippen LogP contribution in [0, 0.1) is 5.92 Å².